The van der Waals surface area contributed by atoms with Gasteiger partial charge in [-0.25, -0.2) is 4.39 Å². The molecule has 2 aromatic heterocycles. The Morgan fingerprint density at radius 3 is 2.61 bits per heavy atom. The topological polar surface area (TPSA) is 26.0 Å². The standard InChI is InChI=1S/C13H9BrFNS2/c14-12-4-3-9(18-12)13(16)11-5-7-1-2-8(15)6-10(7)17-11/h1-6,13H,16H2. The summed E-state index contributed by atoms with van der Waals surface area (Å²) < 4.78 is 15.2. The zero-order chi connectivity index (χ0) is 12.7. The van der Waals surface area contributed by atoms with Crippen LogP contribution in [-0.2, 0) is 0 Å². The van der Waals surface area contributed by atoms with Gasteiger partial charge in [0, 0.05) is 14.5 Å². The Hall–Kier alpha value is -0.750. The van der Waals surface area contributed by atoms with E-state index in [0.717, 1.165) is 23.6 Å². The lowest BCUT2D eigenvalue weighted by molar-refractivity contribution is 0.630. The second-order valence-corrected chi connectivity index (χ2v) is 7.56. The van der Waals surface area contributed by atoms with E-state index < -0.39 is 0 Å². The maximum absolute atomic E-state index is 13.1. The summed E-state index contributed by atoms with van der Waals surface area (Å²) in [7, 11) is 0. The van der Waals surface area contributed by atoms with Crippen molar-refractivity contribution in [3.8, 4) is 0 Å². The van der Waals surface area contributed by atoms with Crippen molar-refractivity contribution < 1.29 is 4.39 Å². The van der Waals surface area contributed by atoms with Crippen molar-refractivity contribution in [2.45, 2.75) is 6.04 Å². The van der Waals surface area contributed by atoms with Crippen LogP contribution in [0.4, 0.5) is 4.39 Å². The molecule has 5 heteroatoms. The summed E-state index contributed by atoms with van der Waals surface area (Å²) in [5.74, 6) is -0.205. The number of fused-ring (bicyclic) bond motifs is 1. The van der Waals surface area contributed by atoms with Crippen LogP contribution in [0.1, 0.15) is 15.8 Å². The SMILES string of the molecule is NC(c1ccc(Br)s1)c1cc2ccc(F)cc2s1. The highest BCUT2D eigenvalue weighted by Gasteiger charge is 2.14. The van der Waals surface area contributed by atoms with Crippen molar-refractivity contribution in [3.63, 3.8) is 0 Å². The molecule has 3 aromatic rings. The van der Waals surface area contributed by atoms with E-state index in [2.05, 4.69) is 15.9 Å². The second kappa shape index (κ2) is 4.74. The summed E-state index contributed by atoms with van der Waals surface area (Å²) in [6.07, 6.45) is 0. The lowest BCUT2D eigenvalue weighted by Gasteiger charge is -2.05. The molecule has 2 N–H and O–H groups in total. The third-order valence-electron chi connectivity index (χ3n) is 2.71. The van der Waals surface area contributed by atoms with Gasteiger partial charge >= 0.3 is 0 Å². The lowest BCUT2D eigenvalue weighted by atomic mass is 10.2. The van der Waals surface area contributed by atoms with Crippen LogP contribution in [0, 0.1) is 5.82 Å². The van der Waals surface area contributed by atoms with Gasteiger partial charge in [0.05, 0.1) is 9.83 Å². The monoisotopic (exact) mass is 341 g/mol. The summed E-state index contributed by atoms with van der Waals surface area (Å²) in [5, 5.41) is 1.04. The van der Waals surface area contributed by atoms with Gasteiger partial charge in [-0.2, -0.15) is 0 Å². The van der Waals surface area contributed by atoms with E-state index in [1.165, 1.54) is 6.07 Å². The average Bonchev–Trinajstić information content (AvgIpc) is 2.93. The maximum atomic E-state index is 13.1. The van der Waals surface area contributed by atoms with E-state index in [1.54, 1.807) is 34.8 Å². The summed E-state index contributed by atoms with van der Waals surface area (Å²) in [6.45, 7) is 0. The first kappa shape index (κ1) is 12.3. The fourth-order valence-corrected chi connectivity index (χ4v) is 4.44. The van der Waals surface area contributed by atoms with Gasteiger partial charge < -0.3 is 5.73 Å². The van der Waals surface area contributed by atoms with Gasteiger partial charge in [-0.1, -0.05) is 6.07 Å². The van der Waals surface area contributed by atoms with Crippen molar-refractivity contribution in [1.29, 1.82) is 0 Å². The first-order valence-corrected chi connectivity index (χ1v) is 7.76. The van der Waals surface area contributed by atoms with Crippen molar-refractivity contribution >= 4 is 48.7 Å². The molecule has 0 amide bonds. The van der Waals surface area contributed by atoms with Crippen LogP contribution >= 0.6 is 38.6 Å². The minimum absolute atomic E-state index is 0.137. The number of benzene rings is 1. The molecule has 0 saturated heterocycles. The molecule has 3 rings (SSSR count). The molecule has 1 aromatic carbocycles. The number of rotatable bonds is 2. The quantitative estimate of drug-likeness (QED) is 0.703. The first-order chi connectivity index (χ1) is 8.63. The van der Waals surface area contributed by atoms with Crippen LogP contribution < -0.4 is 5.73 Å². The maximum Gasteiger partial charge on any atom is 0.124 e. The summed E-state index contributed by atoms with van der Waals surface area (Å²) in [6, 6.07) is 10.7. The third-order valence-corrected chi connectivity index (χ3v) is 5.60. The van der Waals surface area contributed by atoms with Crippen LogP contribution in [0.25, 0.3) is 10.1 Å². The predicted molar refractivity (Wildman–Crippen MR) is 79.8 cm³/mol. The van der Waals surface area contributed by atoms with E-state index in [4.69, 9.17) is 5.73 Å². The van der Waals surface area contributed by atoms with Gasteiger partial charge in [0.15, 0.2) is 0 Å². The molecule has 0 aliphatic heterocycles. The lowest BCUT2D eigenvalue weighted by Crippen LogP contribution is -2.07. The number of halogens is 2. The summed E-state index contributed by atoms with van der Waals surface area (Å²) >= 11 is 6.61. The van der Waals surface area contributed by atoms with Gasteiger partial charge in [0.2, 0.25) is 0 Å². The molecular weight excluding hydrogens is 333 g/mol. The van der Waals surface area contributed by atoms with Crippen LogP contribution in [0.15, 0.2) is 40.2 Å². The Balaban J connectivity index is 2.03. The molecule has 0 radical (unpaired) electrons. The normalized spacial score (nSPS) is 13.1. The Morgan fingerprint density at radius 2 is 1.89 bits per heavy atom. The predicted octanol–water partition coefficient (Wildman–Crippen LogP) is 4.91. The molecule has 0 aliphatic rings. The van der Waals surface area contributed by atoms with Gasteiger partial charge in [0.1, 0.15) is 5.82 Å². The van der Waals surface area contributed by atoms with Gasteiger partial charge in [0.25, 0.3) is 0 Å². The van der Waals surface area contributed by atoms with Crippen molar-refractivity contribution in [2.75, 3.05) is 0 Å². The Labute approximate surface area is 120 Å². The van der Waals surface area contributed by atoms with Crippen molar-refractivity contribution in [3.05, 3.63) is 55.8 Å². The molecule has 92 valence electrons. The Kier molecular flexibility index (Phi) is 3.23. The molecule has 0 saturated carbocycles. The second-order valence-electron chi connectivity index (χ2n) is 3.95. The number of hydrogen-bond acceptors (Lipinski definition) is 3. The van der Waals surface area contributed by atoms with E-state index in [-0.39, 0.29) is 11.9 Å². The Bertz CT molecular complexity index is 704. The molecule has 1 nitrogen and oxygen atoms in total. The molecule has 0 fully saturated rings. The smallest absolute Gasteiger partial charge is 0.124 e. The highest BCUT2D eigenvalue weighted by atomic mass is 79.9. The largest absolute Gasteiger partial charge is 0.319 e. The minimum atomic E-state index is -0.205. The zero-order valence-electron chi connectivity index (χ0n) is 9.19. The zero-order valence-corrected chi connectivity index (χ0v) is 12.4. The van der Waals surface area contributed by atoms with E-state index in [1.807, 2.05) is 18.2 Å². The van der Waals surface area contributed by atoms with Gasteiger partial charge in [-0.15, -0.1) is 22.7 Å². The van der Waals surface area contributed by atoms with Crippen LogP contribution in [0.2, 0.25) is 0 Å². The van der Waals surface area contributed by atoms with E-state index >= 15 is 0 Å². The third kappa shape index (κ3) is 2.23. The van der Waals surface area contributed by atoms with Gasteiger partial charge in [-0.05, 0) is 51.6 Å². The average molecular weight is 342 g/mol. The molecule has 0 aliphatic carbocycles. The van der Waals surface area contributed by atoms with Crippen LogP contribution in [0.3, 0.4) is 0 Å². The van der Waals surface area contributed by atoms with Crippen molar-refractivity contribution in [1.82, 2.24) is 0 Å². The molecule has 2 heterocycles. The van der Waals surface area contributed by atoms with E-state index in [0.29, 0.717) is 0 Å². The molecule has 1 atom stereocenters. The van der Waals surface area contributed by atoms with Crippen LogP contribution in [-0.4, -0.2) is 0 Å². The number of nitrogens with two attached hydrogens (primary N) is 1. The first-order valence-electron chi connectivity index (χ1n) is 5.33. The Morgan fingerprint density at radius 1 is 1.06 bits per heavy atom. The van der Waals surface area contributed by atoms with Crippen LogP contribution in [0.5, 0.6) is 0 Å². The molecule has 0 bridgehead atoms. The van der Waals surface area contributed by atoms with Gasteiger partial charge in [-0.3, -0.25) is 0 Å². The van der Waals surface area contributed by atoms with Crippen molar-refractivity contribution in [2.24, 2.45) is 5.73 Å². The number of thiophene rings is 2. The van der Waals surface area contributed by atoms with E-state index in [9.17, 15) is 4.39 Å². The highest BCUT2D eigenvalue weighted by Crippen LogP contribution is 2.35. The fraction of sp³-hybridized carbons (Fsp3) is 0.0769. The number of hydrogen-bond donors (Lipinski definition) is 1. The molecule has 0 spiro atoms. The fourth-order valence-electron chi connectivity index (χ4n) is 1.81. The summed E-state index contributed by atoms with van der Waals surface area (Å²) in [4.78, 5) is 2.17. The minimum Gasteiger partial charge on any atom is -0.319 e. The summed E-state index contributed by atoms with van der Waals surface area (Å²) in [5.41, 5.74) is 6.24. The molecular formula is C13H9BrFNS2. The molecule has 1 unspecified atom stereocenters. The molecule has 18 heavy (non-hydrogen) atoms. The highest BCUT2D eigenvalue weighted by molar-refractivity contribution is 9.11.